The zero-order valence-electron chi connectivity index (χ0n) is 15.0. The van der Waals surface area contributed by atoms with Crippen LogP contribution in [-0.4, -0.2) is 56.0 Å². The number of aromatic nitrogens is 1. The first kappa shape index (κ1) is 18.6. The molecule has 1 heterocycles. The maximum atomic E-state index is 12.3. The number of hydrogen-bond donors (Lipinski definition) is 2. The molecule has 0 aliphatic heterocycles. The van der Waals surface area contributed by atoms with Crippen LogP contribution in [0.5, 0.6) is 0 Å². The van der Waals surface area contributed by atoms with Crippen LogP contribution in [-0.2, 0) is 6.54 Å². The van der Waals surface area contributed by atoms with Gasteiger partial charge in [-0.1, -0.05) is 35.5 Å². The Morgan fingerprint density at radius 3 is 2.60 bits per heavy atom. The molecule has 0 aliphatic carbocycles. The number of nitrogens with zero attached hydrogens (tertiary/aromatic N) is 3. The first-order valence-electron chi connectivity index (χ1n) is 8.22. The molecule has 25 heavy (non-hydrogen) atoms. The molecule has 6 nitrogen and oxygen atoms in total. The van der Waals surface area contributed by atoms with Gasteiger partial charge in [-0.05, 0) is 0 Å². The van der Waals surface area contributed by atoms with Crippen molar-refractivity contribution in [2.24, 2.45) is 5.16 Å². The lowest BCUT2D eigenvalue weighted by Crippen LogP contribution is -2.42. The summed E-state index contributed by atoms with van der Waals surface area (Å²) in [7, 11) is 6.24. The Bertz CT molecular complexity index is 737. The van der Waals surface area contributed by atoms with Gasteiger partial charge >= 0.3 is 0 Å². The average Bonchev–Trinajstić information content (AvgIpc) is 2.56. The van der Waals surface area contributed by atoms with Crippen LogP contribution in [0.4, 0.5) is 0 Å². The third-order valence-electron chi connectivity index (χ3n) is 3.79. The summed E-state index contributed by atoms with van der Waals surface area (Å²) in [6, 6.07) is 13.5. The topological polar surface area (TPSA) is 65.6 Å². The summed E-state index contributed by atoms with van der Waals surface area (Å²) >= 11 is 0. The lowest BCUT2D eigenvalue weighted by molar-refractivity contribution is -0.869. The second-order valence-corrected chi connectivity index (χ2v) is 6.97. The lowest BCUT2D eigenvalue weighted by atomic mass is 10.2. The maximum Gasteiger partial charge on any atom is 0.251 e. The van der Waals surface area contributed by atoms with Crippen LogP contribution in [0.1, 0.15) is 21.6 Å². The van der Waals surface area contributed by atoms with Gasteiger partial charge in [-0.3, -0.25) is 4.79 Å². The van der Waals surface area contributed by atoms with Gasteiger partial charge in [0.15, 0.2) is 12.7 Å². The molecule has 1 amide bonds. The number of carbonyl (C=O) groups is 1. The highest BCUT2D eigenvalue weighted by Crippen LogP contribution is 2.03. The fourth-order valence-corrected chi connectivity index (χ4v) is 2.39. The normalized spacial score (nSPS) is 11.6. The second kappa shape index (κ2) is 8.39. The predicted molar refractivity (Wildman–Crippen MR) is 96.8 cm³/mol. The van der Waals surface area contributed by atoms with Crippen molar-refractivity contribution in [3.05, 3.63) is 65.5 Å². The molecule has 0 atom stereocenters. The number of hydrogen-bond acceptors (Lipinski definition) is 3. The Morgan fingerprint density at radius 1 is 1.24 bits per heavy atom. The van der Waals surface area contributed by atoms with E-state index in [9.17, 15) is 4.79 Å². The van der Waals surface area contributed by atoms with Crippen molar-refractivity contribution in [2.75, 3.05) is 34.2 Å². The fourth-order valence-electron chi connectivity index (χ4n) is 2.39. The minimum absolute atomic E-state index is 0.132. The predicted octanol–water partition coefficient (Wildman–Crippen LogP) is 1.27. The summed E-state index contributed by atoms with van der Waals surface area (Å²) in [6.45, 7) is 2.08. The Balaban J connectivity index is 2.13. The summed E-state index contributed by atoms with van der Waals surface area (Å²) in [5, 5.41) is 15.0. The van der Waals surface area contributed by atoms with E-state index in [2.05, 4.69) is 31.6 Å². The highest BCUT2D eigenvalue weighted by molar-refractivity contribution is 5.95. The molecule has 0 saturated heterocycles. The van der Waals surface area contributed by atoms with Crippen molar-refractivity contribution >= 4 is 12.1 Å². The molecule has 0 unspecified atom stereocenters. The molecule has 1 aromatic heterocycles. The molecule has 0 spiro atoms. The van der Waals surface area contributed by atoms with E-state index >= 15 is 0 Å². The zero-order chi connectivity index (χ0) is 18.3. The van der Waals surface area contributed by atoms with Crippen molar-refractivity contribution < 1.29 is 19.1 Å². The number of quaternary nitrogens is 1. The summed E-state index contributed by atoms with van der Waals surface area (Å²) in [4.78, 5) is 12.3. The average molecular weight is 342 g/mol. The Labute approximate surface area is 148 Å². The van der Waals surface area contributed by atoms with Gasteiger partial charge in [0.2, 0.25) is 5.69 Å². The van der Waals surface area contributed by atoms with Crippen LogP contribution < -0.4 is 9.88 Å². The number of benzene rings is 1. The number of pyridine rings is 1. The molecule has 0 saturated carbocycles. The number of nitrogens with one attached hydrogen (secondary N) is 1. The number of rotatable bonds is 7. The largest absolute Gasteiger partial charge is 0.411 e. The summed E-state index contributed by atoms with van der Waals surface area (Å²) < 4.78 is 2.71. The van der Waals surface area contributed by atoms with E-state index in [1.54, 1.807) is 12.1 Å². The van der Waals surface area contributed by atoms with Gasteiger partial charge in [0, 0.05) is 17.7 Å². The van der Waals surface area contributed by atoms with E-state index in [4.69, 9.17) is 5.21 Å². The molecule has 6 heteroatoms. The van der Waals surface area contributed by atoms with Crippen molar-refractivity contribution in [3.8, 4) is 0 Å². The standard InChI is InChI=1S/C19H24N4O2/c1-23(2,3)12-10-20-19(24)17-9-11-22(18(13-17)14-21-25)15-16-7-5-4-6-8-16/h4-9,11,13-14H,10,12,15H2,1-3H3/p+2. The van der Waals surface area contributed by atoms with Crippen molar-refractivity contribution in [3.63, 3.8) is 0 Å². The molecule has 2 aromatic rings. The molecule has 0 fully saturated rings. The molecule has 132 valence electrons. The lowest BCUT2D eigenvalue weighted by Gasteiger charge is -2.23. The second-order valence-electron chi connectivity index (χ2n) is 6.97. The Kier molecular flexibility index (Phi) is 6.25. The first-order chi connectivity index (χ1) is 11.9. The third-order valence-corrected chi connectivity index (χ3v) is 3.79. The molecule has 0 aliphatic rings. The van der Waals surface area contributed by atoms with E-state index in [1.165, 1.54) is 6.21 Å². The fraction of sp³-hybridized carbons (Fsp3) is 0.316. The van der Waals surface area contributed by atoms with Gasteiger partial charge in [0.1, 0.15) is 6.21 Å². The number of likely N-dealkylation sites (N-methyl/N-ethyl adjacent to an activating group) is 1. The van der Waals surface area contributed by atoms with Gasteiger partial charge in [-0.25, -0.2) is 0 Å². The van der Waals surface area contributed by atoms with Crippen LogP contribution in [0.15, 0.2) is 53.8 Å². The summed E-state index contributed by atoms with van der Waals surface area (Å²) in [5.41, 5.74) is 2.33. The molecule has 1 aromatic carbocycles. The van der Waals surface area contributed by atoms with Crippen molar-refractivity contribution in [2.45, 2.75) is 6.54 Å². The van der Waals surface area contributed by atoms with Crippen LogP contribution in [0, 0.1) is 0 Å². The monoisotopic (exact) mass is 342 g/mol. The molecule has 0 bridgehead atoms. The van der Waals surface area contributed by atoms with E-state index in [0.29, 0.717) is 24.3 Å². The van der Waals surface area contributed by atoms with Crippen molar-refractivity contribution in [1.29, 1.82) is 0 Å². The minimum Gasteiger partial charge on any atom is -0.411 e. The van der Waals surface area contributed by atoms with Crippen molar-refractivity contribution in [1.82, 2.24) is 5.32 Å². The SMILES string of the molecule is C[N+](C)(C)CCNC(=O)c1cc[n+](Cc2ccccc2)c(/C=N/O)c1. The first-order valence-corrected chi connectivity index (χ1v) is 8.22. The summed E-state index contributed by atoms with van der Waals surface area (Å²) in [5.74, 6) is -0.132. The third kappa shape index (κ3) is 6.00. The van der Waals surface area contributed by atoms with Gasteiger partial charge in [-0.15, -0.1) is 0 Å². The Hall–Kier alpha value is -2.73. The van der Waals surface area contributed by atoms with Gasteiger partial charge < -0.3 is 15.0 Å². The van der Waals surface area contributed by atoms with E-state index in [-0.39, 0.29) is 5.91 Å². The maximum absolute atomic E-state index is 12.3. The van der Waals surface area contributed by atoms with E-state index < -0.39 is 0 Å². The zero-order valence-corrected chi connectivity index (χ0v) is 15.0. The molecule has 2 rings (SSSR count). The minimum atomic E-state index is -0.132. The van der Waals surface area contributed by atoms with Crippen LogP contribution in [0.25, 0.3) is 0 Å². The van der Waals surface area contributed by atoms with Crippen LogP contribution in [0.2, 0.25) is 0 Å². The van der Waals surface area contributed by atoms with E-state index in [1.807, 2.05) is 41.1 Å². The molecular formula is C19H26N4O2+2. The number of oxime groups is 1. The van der Waals surface area contributed by atoms with Crippen LogP contribution >= 0.6 is 0 Å². The van der Waals surface area contributed by atoms with E-state index in [0.717, 1.165) is 16.6 Å². The highest BCUT2D eigenvalue weighted by Gasteiger charge is 2.15. The highest BCUT2D eigenvalue weighted by atomic mass is 16.4. The molecule has 0 radical (unpaired) electrons. The smallest absolute Gasteiger partial charge is 0.251 e. The van der Waals surface area contributed by atoms with Gasteiger partial charge in [0.05, 0.1) is 39.8 Å². The number of carbonyl (C=O) groups excluding carboxylic acids is 1. The van der Waals surface area contributed by atoms with Crippen LogP contribution in [0.3, 0.4) is 0 Å². The molecule has 2 N–H and O–H groups in total. The van der Waals surface area contributed by atoms with Gasteiger partial charge in [-0.2, -0.15) is 4.57 Å². The molecular weight excluding hydrogens is 316 g/mol. The number of amides is 1. The summed E-state index contributed by atoms with van der Waals surface area (Å²) in [6.07, 6.45) is 3.17. The quantitative estimate of drug-likeness (QED) is 0.262. The Morgan fingerprint density at radius 2 is 1.96 bits per heavy atom. The van der Waals surface area contributed by atoms with Gasteiger partial charge in [0.25, 0.3) is 5.91 Å².